The number of imidazole rings is 1. The lowest BCUT2D eigenvalue weighted by molar-refractivity contribution is -0.135. The van der Waals surface area contributed by atoms with Crippen molar-refractivity contribution in [3.63, 3.8) is 0 Å². The van der Waals surface area contributed by atoms with Crippen LogP contribution in [0.5, 0.6) is 0 Å². The molecule has 2 aromatic heterocycles. The van der Waals surface area contributed by atoms with E-state index in [1.54, 1.807) is 6.20 Å². The Kier molecular flexibility index (Phi) is 4.24. The summed E-state index contributed by atoms with van der Waals surface area (Å²) in [6, 6.07) is 1.81. The number of rotatable bonds is 4. The quantitative estimate of drug-likeness (QED) is 0.925. The third-order valence-electron chi connectivity index (χ3n) is 3.89. The van der Waals surface area contributed by atoms with Crippen LogP contribution in [-0.2, 0) is 23.1 Å². The normalized spacial score (nSPS) is 21.7. The number of ether oxygens (including phenoxy) is 1. The fourth-order valence-corrected chi connectivity index (χ4v) is 2.76. The first-order valence-corrected chi connectivity index (χ1v) is 7.44. The van der Waals surface area contributed by atoms with E-state index in [0.717, 1.165) is 24.4 Å². The van der Waals surface area contributed by atoms with Crippen molar-refractivity contribution in [3.8, 4) is 0 Å². The van der Waals surface area contributed by atoms with Gasteiger partial charge in [0.05, 0.1) is 18.2 Å². The molecule has 1 aliphatic rings. The molecule has 7 heteroatoms. The van der Waals surface area contributed by atoms with Gasteiger partial charge in [-0.15, -0.1) is 0 Å². The second-order valence-electron chi connectivity index (χ2n) is 5.59. The Bertz CT molecular complexity index is 649. The smallest absolute Gasteiger partial charge is 0.226 e. The Balaban J connectivity index is 1.67. The number of carbonyl (C=O) groups is 1. The number of amides is 1. The topological polar surface area (TPSA) is 82.2 Å². The first-order valence-electron chi connectivity index (χ1n) is 7.44. The summed E-state index contributed by atoms with van der Waals surface area (Å²) in [6.45, 7) is 2.84. The summed E-state index contributed by atoms with van der Waals surface area (Å²) >= 11 is 0. The van der Waals surface area contributed by atoms with Crippen LogP contribution in [-0.4, -0.2) is 27.2 Å². The van der Waals surface area contributed by atoms with Crippen LogP contribution >= 0.6 is 0 Å². The Labute approximate surface area is 128 Å². The van der Waals surface area contributed by atoms with Gasteiger partial charge in [0, 0.05) is 32.1 Å². The highest BCUT2D eigenvalue weighted by Gasteiger charge is 2.35. The molecule has 7 nitrogen and oxygen atoms in total. The molecule has 1 fully saturated rings. The van der Waals surface area contributed by atoms with E-state index in [1.165, 1.54) is 0 Å². The van der Waals surface area contributed by atoms with E-state index in [1.807, 2.05) is 30.8 Å². The van der Waals surface area contributed by atoms with Crippen molar-refractivity contribution < 1.29 is 14.1 Å². The van der Waals surface area contributed by atoms with Crippen LogP contribution in [0.3, 0.4) is 0 Å². The van der Waals surface area contributed by atoms with Gasteiger partial charge in [-0.25, -0.2) is 4.98 Å². The van der Waals surface area contributed by atoms with Crippen LogP contribution in [0.4, 0.5) is 0 Å². The average molecular weight is 304 g/mol. The molecule has 3 rings (SSSR count). The lowest BCUT2D eigenvalue weighted by Crippen LogP contribution is -2.38. The van der Waals surface area contributed by atoms with Gasteiger partial charge >= 0.3 is 0 Å². The van der Waals surface area contributed by atoms with E-state index < -0.39 is 0 Å². The molecule has 0 aliphatic carbocycles. The third kappa shape index (κ3) is 3.04. The fourth-order valence-electron chi connectivity index (χ4n) is 2.76. The maximum Gasteiger partial charge on any atom is 0.226 e. The van der Waals surface area contributed by atoms with Gasteiger partial charge in [-0.05, 0) is 19.8 Å². The number of hydrogen-bond acceptors (Lipinski definition) is 5. The van der Waals surface area contributed by atoms with E-state index in [0.29, 0.717) is 18.9 Å². The number of carbonyl (C=O) groups excluding carboxylic acids is 1. The van der Waals surface area contributed by atoms with Crippen LogP contribution in [0.1, 0.15) is 36.2 Å². The predicted octanol–water partition coefficient (Wildman–Crippen LogP) is 1.50. The molecule has 22 heavy (non-hydrogen) atoms. The molecule has 0 radical (unpaired) electrons. The molecule has 2 atom stereocenters. The Morgan fingerprint density at radius 1 is 1.55 bits per heavy atom. The molecular formula is C15H20N4O3. The van der Waals surface area contributed by atoms with Crippen LogP contribution in [0.2, 0.25) is 0 Å². The molecule has 1 N–H and O–H groups in total. The van der Waals surface area contributed by atoms with Crippen molar-refractivity contribution in [1.29, 1.82) is 0 Å². The number of aryl methyl sites for hydroxylation is 2. The van der Waals surface area contributed by atoms with Gasteiger partial charge < -0.3 is 19.1 Å². The lowest BCUT2D eigenvalue weighted by Gasteiger charge is -2.30. The van der Waals surface area contributed by atoms with E-state index in [9.17, 15) is 4.79 Å². The summed E-state index contributed by atoms with van der Waals surface area (Å²) in [7, 11) is 1.91. The molecule has 0 saturated carbocycles. The first-order chi connectivity index (χ1) is 10.6. The van der Waals surface area contributed by atoms with Gasteiger partial charge in [0.2, 0.25) is 5.91 Å². The van der Waals surface area contributed by atoms with E-state index in [4.69, 9.17) is 9.26 Å². The highest BCUT2D eigenvalue weighted by molar-refractivity contribution is 5.79. The van der Waals surface area contributed by atoms with Crippen molar-refractivity contribution in [2.75, 3.05) is 6.61 Å². The summed E-state index contributed by atoms with van der Waals surface area (Å²) in [5, 5.41) is 6.71. The largest absolute Gasteiger partial charge is 0.369 e. The van der Waals surface area contributed by atoms with Gasteiger partial charge in [0.1, 0.15) is 11.9 Å². The monoisotopic (exact) mass is 304 g/mol. The molecule has 0 aromatic carbocycles. The third-order valence-corrected chi connectivity index (χ3v) is 3.89. The molecule has 0 spiro atoms. The van der Waals surface area contributed by atoms with Crippen LogP contribution < -0.4 is 5.32 Å². The predicted molar refractivity (Wildman–Crippen MR) is 77.7 cm³/mol. The molecule has 0 bridgehead atoms. The minimum absolute atomic E-state index is 0.0400. The van der Waals surface area contributed by atoms with Gasteiger partial charge in [0.15, 0.2) is 5.76 Å². The Morgan fingerprint density at radius 3 is 3.09 bits per heavy atom. The van der Waals surface area contributed by atoms with Crippen LogP contribution in [0.15, 0.2) is 23.0 Å². The van der Waals surface area contributed by atoms with Crippen molar-refractivity contribution >= 4 is 5.91 Å². The lowest BCUT2D eigenvalue weighted by atomic mass is 9.92. The fraction of sp³-hybridized carbons (Fsp3) is 0.533. The SMILES string of the molecule is Cc1cc(CNC(=O)[C@@H]2CCCO[C@H]2c2nccn2C)on1. The highest BCUT2D eigenvalue weighted by Crippen LogP contribution is 2.32. The number of nitrogens with one attached hydrogen (secondary N) is 1. The van der Waals surface area contributed by atoms with Gasteiger partial charge in [-0.2, -0.15) is 0 Å². The second-order valence-corrected chi connectivity index (χ2v) is 5.59. The first kappa shape index (κ1) is 14.8. The number of hydrogen-bond donors (Lipinski definition) is 1. The van der Waals surface area contributed by atoms with Gasteiger partial charge in [-0.1, -0.05) is 5.16 Å². The zero-order valence-corrected chi connectivity index (χ0v) is 12.8. The highest BCUT2D eigenvalue weighted by atomic mass is 16.5. The maximum atomic E-state index is 12.5. The Hall–Kier alpha value is -2.15. The van der Waals surface area contributed by atoms with Crippen molar-refractivity contribution in [2.24, 2.45) is 13.0 Å². The van der Waals surface area contributed by atoms with E-state index in [2.05, 4.69) is 15.5 Å². The molecule has 1 aliphatic heterocycles. The van der Waals surface area contributed by atoms with Gasteiger partial charge in [0.25, 0.3) is 0 Å². The zero-order chi connectivity index (χ0) is 15.5. The summed E-state index contributed by atoms with van der Waals surface area (Å²) in [4.78, 5) is 16.8. The minimum Gasteiger partial charge on any atom is -0.369 e. The van der Waals surface area contributed by atoms with Crippen LogP contribution in [0.25, 0.3) is 0 Å². The molecule has 0 unspecified atom stereocenters. The van der Waals surface area contributed by atoms with E-state index in [-0.39, 0.29) is 17.9 Å². The van der Waals surface area contributed by atoms with Crippen molar-refractivity contribution in [3.05, 3.63) is 35.7 Å². The molecule has 2 aromatic rings. The molecule has 118 valence electrons. The molecular weight excluding hydrogens is 284 g/mol. The second kappa shape index (κ2) is 6.31. The summed E-state index contributed by atoms with van der Waals surface area (Å²) in [5.41, 5.74) is 0.802. The number of aromatic nitrogens is 3. The van der Waals surface area contributed by atoms with Crippen LogP contribution in [0, 0.1) is 12.8 Å². The molecule has 1 amide bonds. The molecule has 3 heterocycles. The minimum atomic E-state index is -0.301. The standard InChI is InChI=1S/C15H20N4O3/c1-10-8-11(22-18-10)9-17-15(20)12-4-3-7-21-13(12)14-16-5-6-19(14)2/h5-6,8,12-13H,3-4,7,9H2,1-2H3,(H,17,20)/t12-,13-/m1/s1. The van der Waals surface area contributed by atoms with Crippen molar-refractivity contribution in [2.45, 2.75) is 32.4 Å². The van der Waals surface area contributed by atoms with E-state index >= 15 is 0 Å². The molecule has 1 saturated heterocycles. The zero-order valence-electron chi connectivity index (χ0n) is 12.8. The van der Waals surface area contributed by atoms with Crippen molar-refractivity contribution in [1.82, 2.24) is 20.0 Å². The summed E-state index contributed by atoms with van der Waals surface area (Å²) < 4.78 is 12.8. The maximum absolute atomic E-state index is 12.5. The Morgan fingerprint density at radius 2 is 2.41 bits per heavy atom. The van der Waals surface area contributed by atoms with Gasteiger partial charge in [-0.3, -0.25) is 4.79 Å². The number of nitrogens with zero attached hydrogens (tertiary/aromatic N) is 3. The summed E-state index contributed by atoms with van der Waals surface area (Å²) in [6.07, 6.45) is 4.95. The average Bonchev–Trinajstić information content (AvgIpc) is 3.13. The summed E-state index contributed by atoms with van der Waals surface area (Å²) in [5.74, 6) is 1.16.